The van der Waals surface area contributed by atoms with E-state index in [9.17, 15) is 4.79 Å². The summed E-state index contributed by atoms with van der Waals surface area (Å²) in [6.45, 7) is 1.83. The molecule has 2 rings (SSSR count). The first-order valence-electron chi connectivity index (χ1n) is 4.76. The predicted molar refractivity (Wildman–Crippen MR) is 59.0 cm³/mol. The second-order valence-electron chi connectivity index (χ2n) is 3.23. The average Bonchev–Trinajstić information content (AvgIpc) is 2.30. The number of pyridine rings is 1. The molecule has 0 aliphatic carbocycles. The molecule has 2 aromatic heterocycles. The van der Waals surface area contributed by atoms with Crippen LogP contribution in [0.1, 0.15) is 16.1 Å². The predicted octanol–water partition coefficient (Wildman–Crippen LogP) is 1.43. The van der Waals surface area contributed by atoms with Gasteiger partial charge >= 0.3 is 0 Å². The van der Waals surface area contributed by atoms with Gasteiger partial charge in [-0.3, -0.25) is 14.8 Å². The van der Waals surface area contributed by atoms with Gasteiger partial charge in [-0.15, -0.1) is 0 Å². The number of hydrogen-bond acceptors (Lipinski definition) is 4. The molecule has 5 heteroatoms. The van der Waals surface area contributed by atoms with Gasteiger partial charge in [-0.2, -0.15) is 0 Å². The normalized spacial score (nSPS) is 9.81. The van der Waals surface area contributed by atoms with E-state index < -0.39 is 0 Å². The van der Waals surface area contributed by atoms with Gasteiger partial charge in [-0.1, -0.05) is 0 Å². The van der Waals surface area contributed by atoms with Crippen LogP contribution in [0.4, 0.5) is 5.82 Å². The Morgan fingerprint density at radius 1 is 1.25 bits per heavy atom. The lowest BCUT2D eigenvalue weighted by molar-refractivity contribution is 0.102. The maximum absolute atomic E-state index is 11.8. The Morgan fingerprint density at radius 3 is 2.81 bits per heavy atom. The number of nitrogens with zero attached hydrogens (tertiary/aromatic N) is 3. The molecule has 0 aliphatic heterocycles. The number of carbonyl (C=O) groups is 1. The molecule has 0 saturated carbocycles. The highest BCUT2D eigenvalue weighted by atomic mass is 16.1. The van der Waals surface area contributed by atoms with Crippen LogP contribution >= 0.6 is 0 Å². The second-order valence-corrected chi connectivity index (χ2v) is 3.23. The molecule has 0 aromatic carbocycles. The summed E-state index contributed by atoms with van der Waals surface area (Å²) in [6.07, 6.45) is 6.16. The smallest absolute Gasteiger partial charge is 0.256 e. The molecule has 2 aromatic rings. The number of carbonyl (C=O) groups excluding carboxylic acids is 1. The SMILES string of the molecule is Cc1cc(C(=O)Nc2cnccn2)ccn1. The fraction of sp³-hybridized carbons (Fsp3) is 0.0909. The van der Waals surface area contributed by atoms with Crippen LogP contribution in [0.3, 0.4) is 0 Å². The molecule has 1 amide bonds. The highest BCUT2D eigenvalue weighted by Gasteiger charge is 2.06. The van der Waals surface area contributed by atoms with E-state index in [2.05, 4.69) is 20.3 Å². The van der Waals surface area contributed by atoms with Gasteiger partial charge in [-0.25, -0.2) is 4.98 Å². The Hall–Kier alpha value is -2.30. The van der Waals surface area contributed by atoms with Crippen LogP contribution in [-0.2, 0) is 0 Å². The minimum absolute atomic E-state index is 0.217. The molecule has 80 valence electrons. The highest BCUT2D eigenvalue weighted by Crippen LogP contribution is 2.05. The van der Waals surface area contributed by atoms with E-state index in [0.29, 0.717) is 11.4 Å². The number of aryl methyl sites for hydroxylation is 1. The second kappa shape index (κ2) is 4.48. The monoisotopic (exact) mass is 214 g/mol. The van der Waals surface area contributed by atoms with Crippen LogP contribution in [0.5, 0.6) is 0 Å². The molecule has 0 radical (unpaired) electrons. The lowest BCUT2D eigenvalue weighted by Crippen LogP contribution is -2.13. The molecule has 0 bridgehead atoms. The molecular formula is C11H10N4O. The van der Waals surface area contributed by atoms with E-state index in [4.69, 9.17) is 0 Å². The molecule has 2 heterocycles. The first-order valence-corrected chi connectivity index (χ1v) is 4.76. The number of amides is 1. The zero-order valence-corrected chi connectivity index (χ0v) is 8.71. The van der Waals surface area contributed by atoms with E-state index >= 15 is 0 Å². The fourth-order valence-electron chi connectivity index (χ4n) is 1.24. The van der Waals surface area contributed by atoms with Crippen LogP contribution in [-0.4, -0.2) is 20.9 Å². The first kappa shape index (κ1) is 10.2. The van der Waals surface area contributed by atoms with Crippen molar-refractivity contribution in [3.63, 3.8) is 0 Å². The molecule has 0 atom stereocenters. The van der Waals surface area contributed by atoms with Gasteiger partial charge in [0.25, 0.3) is 5.91 Å². The van der Waals surface area contributed by atoms with E-state index in [1.165, 1.54) is 12.4 Å². The molecule has 0 fully saturated rings. The lowest BCUT2D eigenvalue weighted by atomic mass is 10.2. The van der Waals surface area contributed by atoms with Crippen molar-refractivity contribution in [3.8, 4) is 0 Å². The lowest BCUT2D eigenvalue weighted by Gasteiger charge is -2.03. The summed E-state index contributed by atoms with van der Waals surface area (Å²) in [6, 6.07) is 3.37. The summed E-state index contributed by atoms with van der Waals surface area (Å²) in [5, 5.41) is 2.65. The average molecular weight is 214 g/mol. The van der Waals surface area contributed by atoms with E-state index in [0.717, 1.165) is 5.69 Å². The summed E-state index contributed by atoms with van der Waals surface area (Å²) < 4.78 is 0. The van der Waals surface area contributed by atoms with Crippen molar-refractivity contribution in [2.24, 2.45) is 0 Å². The zero-order chi connectivity index (χ0) is 11.4. The summed E-state index contributed by atoms with van der Waals surface area (Å²) in [5.74, 6) is 0.216. The molecule has 5 nitrogen and oxygen atoms in total. The zero-order valence-electron chi connectivity index (χ0n) is 8.71. The Balaban J connectivity index is 2.15. The molecule has 1 N–H and O–H groups in total. The van der Waals surface area contributed by atoms with Crippen molar-refractivity contribution in [1.82, 2.24) is 15.0 Å². The minimum Gasteiger partial charge on any atom is -0.305 e. The molecule has 0 aliphatic rings. The molecule has 0 unspecified atom stereocenters. The van der Waals surface area contributed by atoms with E-state index in [1.54, 1.807) is 24.5 Å². The van der Waals surface area contributed by atoms with Gasteiger partial charge in [0.15, 0.2) is 5.82 Å². The van der Waals surface area contributed by atoms with Crippen LogP contribution in [0, 0.1) is 6.92 Å². The quantitative estimate of drug-likeness (QED) is 0.821. The summed E-state index contributed by atoms with van der Waals surface area (Å²) in [7, 11) is 0. The fourth-order valence-corrected chi connectivity index (χ4v) is 1.24. The number of rotatable bonds is 2. The van der Waals surface area contributed by atoms with Crippen LogP contribution in [0.2, 0.25) is 0 Å². The molecule has 16 heavy (non-hydrogen) atoms. The third-order valence-electron chi connectivity index (χ3n) is 1.96. The van der Waals surface area contributed by atoms with Gasteiger partial charge < -0.3 is 5.32 Å². The summed E-state index contributed by atoms with van der Waals surface area (Å²) in [4.78, 5) is 23.6. The van der Waals surface area contributed by atoms with E-state index in [-0.39, 0.29) is 5.91 Å². The molecule has 0 spiro atoms. The van der Waals surface area contributed by atoms with Crippen molar-refractivity contribution in [1.29, 1.82) is 0 Å². The van der Waals surface area contributed by atoms with Gasteiger partial charge in [-0.05, 0) is 19.1 Å². The van der Waals surface area contributed by atoms with Crippen molar-refractivity contribution in [3.05, 3.63) is 48.2 Å². The molecule has 0 saturated heterocycles. The van der Waals surface area contributed by atoms with Crippen LogP contribution < -0.4 is 5.32 Å². The Morgan fingerprint density at radius 2 is 2.12 bits per heavy atom. The Kier molecular flexibility index (Phi) is 2.86. The maximum atomic E-state index is 11.8. The number of hydrogen-bond donors (Lipinski definition) is 1. The van der Waals surface area contributed by atoms with Crippen molar-refractivity contribution >= 4 is 11.7 Å². The highest BCUT2D eigenvalue weighted by molar-refractivity contribution is 6.03. The standard InChI is InChI=1S/C11H10N4O/c1-8-6-9(2-3-13-8)11(16)15-10-7-12-4-5-14-10/h2-7H,1H3,(H,14,15,16). The number of nitrogens with one attached hydrogen (secondary N) is 1. The number of aromatic nitrogens is 3. The number of anilines is 1. The van der Waals surface area contributed by atoms with Gasteiger partial charge in [0, 0.05) is 29.8 Å². The van der Waals surface area contributed by atoms with Gasteiger partial charge in [0.1, 0.15) is 0 Å². The third-order valence-corrected chi connectivity index (χ3v) is 1.96. The van der Waals surface area contributed by atoms with Crippen molar-refractivity contribution in [2.45, 2.75) is 6.92 Å². The van der Waals surface area contributed by atoms with Crippen molar-refractivity contribution in [2.75, 3.05) is 5.32 Å². The van der Waals surface area contributed by atoms with E-state index in [1.807, 2.05) is 6.92 Å². The third kappa shape index (κ3) is 2.38. The Bertz CT molecular complexity index is 498. The minimum atomic E-state index is -0.217. The van der Waals surface area contributed by atoms with Crippen LogP contribution in [0.25, 0.3) is 0 Å². The summed E-state index contributed by atoms with van der Waals surface area (Å²) in [5.41, 5.74) is 1.35. The van der Waals surface area contributed by atoms with Gasteiger partial charge in [0.2, 0.25) is 0 Å². The van der Waals surface area contributed by atoms with Crippen LogP contribution in [0.15, 0.2) is 36.9 Å². The first-order chi connectivity index (χ1) is 7.75. The largest absolute Gasteiger partial charge is 0.305 e. The van der Waals surface area contributed by atoms with Gasteiger partial charge in [0.05, 0.1) is 6.20 Å². The maximum Gasteiger partial charge on any atom is 0.256 e. The molecular weight excluding hydrogens is 204 g/mol. The van der Waals surface area contributed by atoms with Crippen molar-refractivity contribution < 1.29 is 4.79 Å². The summed E-state index contributed by atoms with van der Waals surface area (Å²) >= 11 is 0. The Labute approximate surface area is 92.6 Å². The topological polar surface area (TPSA) is 67.8 Å².